The monoisotopic (exact) mass is 385 g/mol. The molecule has 26 heavy (non-hydrogen) atoms. The molecule has 1 heterocycles. The molecule has 0 aliphatic carbocycles. The van der Waals surface area contributed by atoms with Gasteiger partial charge in [-0.2, -0.15) is 0 Å². The van der Waals surface area contributed by atoms with Crippen LogP contribution in [0.15, 0.2) is 58.8 Å². The van der Waals surface area contributed by atoms with Crippen LogP contribution in [0.25, 0.3) is 11.3 Å². The fourth-order valence-corrected chi connectivity index (χ4v) is 3.83. The minimum atomic E-state index is -0.244. The number of benzene rings is 2. The Balaban J connectivity index is 1.62. The van der Waals surface area contributed by atoms with E-state index in [1.807, 2.05) is 60.8 Å². The van der Waals surface area contributed by atoms with Gasteiger partial charge in [-0.15, -0.1) is 23.1 Å². The fourth-order valence-electron chi connectivity index (χ4n) is 2.24. The Labute approximate surface area is 160 Å². The molecule has 0 saturated carbocycles. The number of nitrogens with two attached hydrogens (primary N) is 1. The first-order valence-electron chi connectivity index (χ1n) is 7.98. The summed E-state index contributed by atoms with van der Waals surface area (Å²) < 4.78 is 5.16. The summed E-state index contributed by atoms with van der Waals surface area (Å²) in [7, 11) is 1.63. The number of thioether (sulfide) groups is 1. The van der Waals surface area contributed by atoms with Crippen LogP contribution in [0, 0.1) is 0 Å². The maximum absolute atomic E-state index is 12.4. The Morgan fingerprint density at radius 1 is 1.19 bits per heavy atom. The number of nitrogen functional groups attached to an aromatic ring is 1. The zero-order valence-electron chi connectivity index (χ0n) is 14.4. The third-order valence-corrected chi connectivity index (χ3v) is 5.55. The van der Waals surface area contributed by atoms with Gasteiger partial charge in [0.15, 0.2) is 5.13 Å². The molecule has 3 rings (SSSR count). The lowest BCUT2D eigenvalue weighted by Gasteiger charge is -2.10. The van der Waals surface area contributed by atoms with Gasteiger partial charge in [0.1, 0.15) is 5.75 Å². The molecule has 0 spiro atoms. The number of rotatable bonds is 6. The van der Waals surface area contributed by atoms with E-state index in [0.29, 0.717) is 10.8 Å². The number of nitrogens with zero attached hydrogens (tertiary/aromatic N) is 1. The van der Waals surface area contributed by atoms with Crippen molar-refractivity contribution in [2.45, 2.75) is 17.1 Å². The summed E-state index contributed by atoms with van der Waals surface area (Å²) in [6, 6.07) is 15.1. The SMILES string of the molecule is COc1ccc(-c2csc(NC(=O)C(C)Sc3ccc(N)cc3)n2)cc1. The molecule has 5 nitrogen and oxygen atoms in total. The Bertz CT molecular complexity index is 877. The van der Waals surface area contributed by atoms with E-state index in [2.05, 4.69) is 10.3 Å². The number of anilines is 2. The molecule has 0 bridgehead atoms. The zero-order chi connectivity index (χ0) is 18.5. The van der Waals surface area contributed by atoms with Crippen molar-refractivity contribution < 1.29 is 9.53 Å². The molecule has 134 valence electrons. The Hall–Kier alpha value is -2.51. The van der Waals surface area contributed by atoms with E-state index in [1.54, 1.807) is 7.11 Å². The summed E-state index contributed by atoms with van der Waals surface area (Å²) in [6.45, 7) is 1.87. The second-order valence-electron chi connectivity index (χ2n) is 5.58. The molecule has 1 aromatic heterocycles. The molecule has 1 unspecified atom stereocenters. The molecule has 7 heteroatoms. The fraction of sp³-hybridized carbons (Fsp3) is 0.158. The van der Waals surface area contributed by atoms with Crippen LogP contribution in [-0.2, 0) is 4.79 Å². The number of hydrogen-bond donors (Lipinski definition) is 2. The van der Waals surface area contributed by atoms with Crippen molar-refractivity contribution in [2.75, 3.05) is 18.2 Å². The summed E-state index contributed by atoms with van der Waals surface area (Å²) in [5.41, 5.74) is 8.20. The van der Waals surface area contributed by atoms with E-state index < -0.39 is 0 Å². The van der Waals surface area contributed by atoms with E-state index in [0.717, 1.165) is 21.9 Å². The highest BCUT2D eigenvalue weighted by atomic mass is 32.2. The van der Waals surface area contributed by atoms with Gasteiger partial charge in [-0.3, -0.25) is 4.79 Å². The minimum Gasteiger partial charge on any atom is -0.497 e. The maximum Gasteiger partial charge on any atom is 0.239 e. The van der Waals surface area contributed by atoms with Crippen molar-refractivity contribution in [2.24, 2.45) is 0 Å². The summed E-state index contributed by atoms with van der Waals surface area (Å²) in [6.07, 6.45) is 0. The smallest absolute Gasteiger partial charge is 0.239 e. The third kappa shape index (κ3) is 4.56. The molecular weight excluding hydrogens is 366 g/mol. The van der Waals surface area contributed by atoms with Gasteiger partial charge < -0.3 is 15.8 Å². The van der Waals surface area contributed by atoms with E-state index in [-0.39, 0.29) is 11.2 Å². The third-order valence-electron chi connectivity index (χ3n) is 3.68. The second kappa shape index (κ2) is 8.25. The van der Waals surface area contributed by atoms with Crippen LogP contribution < -0.4 is 15.8 Å². The maximum atomic E-state index is 12.4. The lowest BCUT2D eigenvalue weighted by molar-refractivity contribution is -0.115. The number of carbonyl (C=O) groups is 1. The van der Waals surface area contributed by atoms with Crippen LogP contribution in [0.2, 0.25) is 0 Å². The molecule has 0 radical (unpaired) electrons. The van der Waals surface area contributed by atoms with Crippen LogP contribution in [-0.4, -0.2) is 23.3 Å². The highest BCUT2D eigenvalue weighted by Gasteiger charge is 2.16. The van der Waals surface area contributed by atoms with E-state index in [1.165, 1.54) is 23.1 Å². The van der Waals surface area contributed by atoms with Gasteiger partial charge >= 0.3 is 0 Å². The minimum absolute atomic E-state index is 0.0811. The van der Waals surface area contributed by atoms with Crippen molar-refractivity contribution >= 4 is 39.8 Å². The van der Waals surface area contributed by atoms with Gasteiger partial charge in [-0.25, -0.2) is 4.98 Å². The molecular formula is C19H19N3O2S2. The number of hydrogen-bond acceptors (Lipinski definition) is 6. The first-order valence-corrected chi connectivity index (χ1v) is 9.74. The number of thiazole rings is 1. The molecule has 1 amide bonds. The first-order chi connectivity index (χ1) is 12.5. The number of amides is 1. The van der Waals surface area contributed by atoms with E-state index >= 15 is 0 Å². The molecule has 0 aliphatic heterocycles. The van der Waals surface area contributed by atoms with Gasteiger partial charge in [0.2, 0.25) is 5.91 Å². The predicted molar refractivity (Wildman–Crippen MR) is 109 cm³/mol. The zero-order valence-corrected chi connectivity index (χ0v) is 16.1. The lowest BCUT2D eigenvalue weighted by atomic mass is 10.2. The van der Waals surface area contributed by atoms with Gasteiger partial charge in [-0.1, -0.05) is 0 Å². The summed E-state index contributed by atoms with van der Waals surface area (Å²) in [5.74, 6) is 0.716. The van der Waals surface area contributed by atoms with Crippen LogP contribution in [0.5, 0.6) is 5.75 Å². The largest absolute Gasteiger partial charge is 0.497 e. The van der Waals surface area contributed by atoms with Crippen molar-refractivity contribution in [1.29, 1.82) is 0 Å². The van der Waals surface area contributed by atoms with E-state index in [4.69, 9.17) is 10.5 Å². The molecule has 1 atom stereocenters. The van der Waals surface area contributed by atoms with Crippen LogP contribution in [0.1, 0.15) is 6.92 Å². The summed E-state index contributed by atoms with van der Waals surface area (Å²) >= 11 is 2.89. The van der Waals surface area contributed by atoms with E-state index in [9.17, 15) is 4.79 Å². The topological polar surface area (TPSA) is 77.2 Å². The first kappa shape index (κ1) is 18.3. The second-order valence-corrected chi connectivity index (χ2v) is 7.86. The highest BCUT2D eigenvalue weighted by molar-refractivity contribution is 8.00. The van der Waals surface area contributed by atoms with Crippen molar-refractivity contribution in [1.82, 2.24) is 4.98 Å². The summed E-state index contributed by atoms with van der Waals surface area (Å²) in [5, 5.41) is 5.16. The predicted octanol–water partition coefficient (Wildman–Crippen LogP) is 4.52. The van der Waals surface area contributed by atoms with Crippen molar-refractivity contribution in [3.8, 4) is 17.0 Å². The Morgan fingerprint density at radius 3 is 2.54 bits per heavy atom. The normalized spacial score (nSPS) is 11.8. The average molecular weight is 386 g/mol. The Morgan fingerprint density at radius 2 is 1.88 bits per heavy atom. The molecule has 0 aliphatic rings. The number of ether oxygens (including phenoxy) is 1. The molecule has 0 fully saturated rings. The molecule has 3 aromatic rings. The van der Waals surface area contributed by atoms with Gasteiger partial charge in [0, 0.05) is 21.5 Å². The van der Waals surface area contributed by atoms with Crippen LogP contribution >= 0.6 is 23.1 Å². The number of nitrogens with one attached hydrogen (secondary N) is 1. The van der Waals surface area contributed by atoms with Gasteiger partial charge in [0.25, 0.3) is 0 Å². The Kier molecular flexibility index (Phi) is 5.80. The van der Waals surface area contributed by atoms with Crippen molar-refractivity contribution in [3.05, 3.63) is 53.9 Å². The number of methoxy groups -OCH3 is 1. The lowest BCUT2D eigenvalue weighted by Crippen LogP contribution is -2.22. The molecule has 2 aromatic carbocycles. The van der Waals surface area contributed by atoms with Crippen molar-refractivity contribution in [3.63, 3.8) is 0 Å². The number of carbonyl (C=O) groups excluding carboxylic acids is 1. The summed E-state index contributed by atoms with van der Waals surface area (Å²) in [4.78, 5) is 17.9. The molecule has 3 N–H and O–H groups in total. The number of aromatic nitrogens is 1. The van der Waals surface area contributed by atoms with Crippen LogP contribution in [0.4, 0.5) is 10.8 Å². The highest BCUT2D eigenvalue weighted by Crippen LogP contribution is 2.28. The molecule has 0 saturated heterocycles. The van der Waals surface area contributed by atoms with Gasteiger partial charge in [-0.05, 0) is 55.5 Å². The van der Waals surface area contributed by atoms with Crippen LogP contribution in [0.3, 0.4) is 0 Å². The standard InChI is InChI=1S/C19H19N3O2S2/c1-12(26-16-9-5-14(20)6-10-16)18(23)22-19-21-17(11-25-19)13-3-7-15(24-2)8-4-13/h3-12H,20H2,1-2H3,(H,21,22,23). The average Bonchev–Trinajstić information content (AvgIpc) is 3.12. The van der Waals surface area contributed by atoms with Gasteiger partial charge in [0.05, 0.1) is 18.1 Å². The quantitative estimate of drug-likeness (QED) is 0.482.